The predicted molar refractivity (Wildman–Crippen MR) is 143 cm³/mol. The minimum absolute atomic E-state index is 0.0651. The number of carbonyl (C=O) groups is 2. The third kappa shape index (κ3) is 6.94. The molecule has 0 atom stereocenters. The summed E-state index contributed by atoms with van der Waals surface area (Å²) >= 11 is 0. The molecular weight excluding hydrogens is 453 g/mol. The van der Waals surface area contributed by atoms with Crippen LogP contribution in [0.1, 0.15) is 54.1 Å². The predicted octanol–water partition coefficient (Wildman–Crippen LogP) is 5.95. The highest BCUT2D eigenvalue weighted by atomic mass is 19.1. The number of halogens is 1. The average Bonchev–Trinajstić information content (AvgIpc) is 2.89. The van der Waals surface area contributed by atoms with E-state index in [1.807, 2.05) is 25.1 Å². The zero-order chi connectivity index (χ0) is 25.3. The topological polar surface area (TPSA) is 61.4 Å². The largest absolute Gasteiger partial charge is 0.371 e. The molecule has 3 aromatic carbocycles. The number of nitrogens with zero attached hydrogens (tertiary/aromatic N) is 1. The van der Waals surface area contributed by atoms with Gasteiger partial charge in [0.25, 0.3) is 5.91 Å². The van der Waals surface area contributed by atoms with Gasteiger partial charge in [-0.3, -0.25) is 9.59 Å². The van der Waals surface area contributed by atoms with E-state index in [9.17, 15) is 14.0 Å². The smallest absolute Gasteiger partial charge is 0.253 e. The zero-order valence-electron chi connectivity index (χ0n) is 20.8. The molecule has 0 radical (unpaired) electrons. The number of nitrogens with one attached hydrogen (secondary N) is 2. The molecule has 1 fully saturated rings. The number of benzene rings is 3. The summed E-state index contributed by atoms with van der Waals surface area (Å²) in [6, 6.07) is 22.2. The molecule has 1 heterocycles. The third-order valence-corrected chi connectivity index (χ3v) is 6.69. The number of amides is 2. The Bertz CT molecular complexity index is 1160. The average molecular weight is 488 g/mol. The van der Waals surface area contributed by atoms with E-state index in [1.165, 1.54) is 17.7 Å². The van der Waals surface area contributed by atoms with E-state index in [0.717, 1.165) is 50.0 Å². The quantitative estimate of drug-likeness (QED) is 0.392. The Labute approximate surface area is 212 Å². The van der Waals surface area contributed by atoms with E-state index in [0.29, 0.717) is 30.1 Å². The van der Waals surface area contributed by atoms with Gasteiger partial charge in [0.2, 0.25) is 5.91 Å². The number of carbonyl (C=O) groups excluding carboxylic acids is 2. The molecule has 0 saturated carbocycles. The summed E-state index contributed by atoms with van der Waals surface area (Å²) in [6.45, 7) is 4.00. The van der Waals surface area contributed by atoms with Gasteiger partial charge in [0, 0.05) is 37.4 Å². The second-order valence-corrected chi connectivity index (χ2v) is 9.46. The van der Waals surface area contributed by atoms with Crippen LogP contribution in [0.2, 0.25) is 0 Å². The van der Waals surface area contributed by atoms with Crippen molar-refractivity contribution in [3.63, 3.8) is 0 Å². The van der Waals surface area contributed by atoms with Crippen LogP contribution < -0.4 is 15.5 Å². The van der Waals surface area contributed by atoms with Crippen LogP contribution in [0.4, 0.5) is 15.8 Å². The lowest BCUT2D eigenvalue weighted by molar-refractivity contribution is -0.116. The van der Waals surface area contributed by atoms with Gasteiger partial charge in [-0.1, -0.05) is 49.4 Å². The van der Waals surface area contributed by atoms with Crippen LogP contribution >= 0.6 is 0 Å². The highest BCUT2D eigenvalue weighted by Crippen LogP contribution is 2.30. The van der Waals surface area contributed by atoms with Crippen LogP contribution in [-0.4, -0.2) is 24.9 Å². The highest BCUT2D eigenvalue weighted by molar-refractivity contribution is 6.02. The Hall–Kier alpha value is -3.67. The van der Waals surface area contributed by atoms with Crippen LogP contribution in [0.15, 0.2) is 72.8 Å². The monoisotopic (exact) mass is 487 g/mol. The van der Waals surface area contributed by atoms with Gasteiger partial charge in [-0.2, -0.15) is 0 Å². The molecule has 4 rings (SSSR count). The minimum atomic E-state index is -0.307. The summed E-state index contributed by atoms with van der Waals surface area (Å²) in [5.74, 6) is 0.0301. The molecule has 2 amide bonds. The maximum absolute atomic E-state index is 13.3. The summed E-state index contributed by atoms with van der Waals surface area (Å²) in [7, 11) is 0. The lowest BCUT2D eigenvalue weighted by Crippen LogP contribution is -2.36. The first-order valence-corrected chi connectivity index (χ1v) is 12.8. The van der Waals surface area contributed by atoms with Crippen molar-refractivity contribution >= 4 is 23.2 Å². The Kier molecular flexibility index (Phi) is 8.71. The molecule has 1 aliphatic heterocycles. The lowest BCUT2D eigenvalue weighted by atomic mass is 9.89. The van der Waals surface area contributed by atoms with Crippen molar-refractivity contribution in [2.75, 3.05) is 23.3 Å². The second-order valence-electron chi connectivity index (χ2n) is 9.46. The highest BCUT2D eigenvalue weighted by Gasteiger charge is 2.24. The fourth-order valence-electron chi connectivity index (χ4n) is 4.73. The van der Waals surface area contributed by atoms with Gasteiger partial charge < -0.3 is 15.5 Å². The number of rotatable bonds is 9. The van der Waals surface area contributed by atoms with Gasteiger partial charge in [0.1, 0.15) is 5.82 Å². The van der Waals surface area contributed by atoms with Crippen LogP contribution in [-0.2, 0) is 17.8 Å². The van der Waals surface area contributed by atoms with Crippen LogP contribution in [0.3, 0.4) is 0 Å². The second kappa shape index (κ2) is 12.3. The van der Waals surface area contributed by atoms with E-state index in [4.69, 9.17) is 0 Å². The number of hydrogen-bond donors (Lipinski definition) is 2. The molecule has 0 unspecified atom stereocenters. The molecule has 0 bridgehead atoms. The van der Waals surface area contributed by atoms with Gasteiger partial charge in [-0.15, -0.1) is 0 Å². The van der Waals surface area contributed by atoms with Crippen molar-refractivity contribution in [3.8, 4) is 0 Å². The van der Waals surface area contributed by atoms with Gasteiger partial charge >= 0.3 is 0 Å². The molecule has 0 aliphatic carbocycles. The van der Waals surface area contributed by atoms with E-state index in [-0.39, 0.29) is 17.6 Å². The summed E-state index contributed by atoms with van der Waals surface area (Å²) in [4.78, 5) is 27.7. The zero-order valence-corrected chi connectivity index (χ0v) is 20.8. The van der Waals surface area contributed by atoms with Crippen LogP contribution in [0, 0.1) is 11.7 Å². The number of anilines is 2. The summed E-state index contributed by atoms with van der Waals surface area (Å²) in [5, 5.41) is 5.86. The Morgan fingerprint density at radius 2 is 1.67 bits per heavy atom. The standard InChI is InChI=1S/C30H34FN3O2/c1-2-6-29(35)33-26-13-14-28(27(20-26)30(36)32-21-24-9-11-25(31)12-10-24)34-17-15-23(16-18-34)19-22-7-4-3-5-8-22/h3-5,7-14,20,23H,2,6,15-19,21H2,1H3,(H,32,36)(H,33,35). The first kappa shape index (κ1) is 25.4. The van der Waals surface area contributed by atoms with E-state index in [2.05, 4.69) is 39.8 Å². The van der Waals surface area contributed by atoms with Crippen LogP contribution in [0.25, 0.3) is 0 Å². The maximum atomic E-state index is 13.3. The van der Waals surface area contributed by atoms with Crippen LogP contribution in [0.5, 0.6) is 0 Å². The molecule has 1 saturated heterocycles. The summed E-state index contributed by atoms with van der Waals surface area (Å²) in [6.07, 6.45) is 4.37. The third-order valence-electron chi connectivity index (χ3n) is 6.69. The lowest BCUT2D eigenvalue weighted by Gasteiger charge is -2.35. The molecule has 0 spiro atoms. The summed E-state index contributed by atoms with van der Waals surface area (Å²) < 4.78 is 13.2. The first-order valence-electron chi connectivity index (χ1n) is 12.8. The molecule has 0 aromatic heterocycles. The van der Waals surface area contributed by atoms with Gasteiger partial charge in [-0.25, -0.2) is 4.39 Å². The molecule has 6 heteroatoms. The van der Waals surface area contributed by atoms with Crippen molar-refractivity contribution in [2.45, 2.75) is 45.6 Å². The molecule has 36 heavy (non-hydrogen) atoms. The molecule has 188 valence electrons. The Balaban J connectivity index is 1.48. The van der Waals surface area contributed by atoms with Gasteiger partial charge in [-0.05, 0) is 73.1 Å². The van der Waals surface area contributed by atoms with E-state index < -0.39 is 0 Å². The van der Waals surface area contributed by atoms with Crippen molar-refractivity contribution in [1.82, 2.24) is 5.32 Å². The van der Waals surface area contributed by atoms with E-state index >= 15 is 0 Å². The van der Waals surface area contributed by atoms with Gasteiger partial charge in [0.05, 0.1) is 5.56 Å². The summed E-state index contributed by atoms with van der Waals surface area (Å²) in [5.41, 5.74) is 4.21. The fraction of sp³-hybridized carbons (Fsp3) is 0.333. The molecule has 5 nitrogen and oxygen atoms in total. The van der Waals surface area contributed by atoms with E-state index in [1.54, 1.807) is 18.2 Å². The Morgan fingerprint density at radius 3 is 2.36 bits per heavy atom. The molecule has 3 aromatic rings. The van der Waals surface area contributed by atoms with Crippen molar-refractivity contribution in [1.29, 1.82) is 0 Å². The first-order chi connectivity index (χ1) is 17.5. The fourth-order valence-corrected chi connectivity index (χ4v) is 4.73. The molecule has 2 N–H and O–H groups in total. The van der Waals surface area contributed by atoms with Crippen molar-refractivity contribution < 1.29 is 14.0 Å². The normalized spacial score (nSPS) is 13.9. The Morgan fingerprint density at radius 1 is 0.944 bits per heavy atom. The van der Waals surface area contributed by atoms with Crippen molar-refractivity contribution in [3.05, 3.63) is 95.3 Å². The van der Waals surface area contributed by atoms with Gasteiger partial charge in [0.15, 0.2) is 0 Å². The SMILES string of the molecule is CCCC(=O)Nc1ccc(N2CCC(Cc3ccccc3)CC2)c(C(=O)NCc2ccc(F)cc2)c1. The molecule has 1 aliphatic rings. The number of hydrogen-bond acceptors (Lipinski definition) is 3. The number of piperidine rings is 1. The molecular formula is C30H34FN3O2. The van der Waals surface area contributed by atoms with Crippen molar-refractivity contribution in [2.24, 2.45) is 5.92 Å². The minimum Gasteiger partial charge on any atom is -0.371 e. The maximum Gasteiger partial charge on any atom is 0.253 e.